The lowest BCUT2D eigenvalue weighted by Crippen LogP contribution is -2.43. The maximum Gasteiger partial charge on any atom is 0.326 e. The molecule has 3 unspecified atom stereocenters. The van der Waals surface area contributed by atoms with Gasteiger partial charge in [0.1, 0.15) is 6.04 Å². The zero-order chi connectivity index (χ0) is 15.1. The van der Waals surface area contributed by atoms with Gasteiger partial charge in [-0.2, -0.15) is 0 Å². The summed E-state index contributed by atoms with van der Waals surface area (Å²) in [6, 6.07) is 1.31. The molecule has 1 aromatic heterocycles. The third-order valence-electron chi connectivity index (χ3n) is 5.02. The van der Waals surface area contributed by atoms with Gasteiger partial charge in [0.25, 0.3) is 5.91 Å². The van der Waals surface area contributed by atoms with Crippen molar-refractivity contribution in [1.29, 1.82) is 0 Å². The van der Waals surface area contributed by atoms with Gasteiger partial charge >= 0.3 is 5.97 Å². The van der Waals surface area contributed by atoms with Crippen molar-refractivity contribution < 1.29 is 14.7 Å². The molecule has 114 valence electrons. The molecule has 1 amide bonds. The average molecular weight is 307 g/mol. The molecule has 0 bridgehead atoms. The van der Waals surface area contributed by atoms with Crippen molar-refractivity contribution in [3.8, 4) is 0 Å². The van der Waals surface area contributed by atoms with E-state index in [2.05, 4.69) is 6.92 Å². The standard InChI is InChI=1S/C16H21NO3S/c1-3-10-7-13(21-9(10)2)15(18)17-8-11-5-4-6-12(11)14(17)16(19)20/h7,11-12,14H,3-6,8H2,1-2H3,(H,19,20). The first kappa shape index (κ1) is 14.6. The van der Waals surface area contributed by atoms with E-state index in [-0.39, 0.29) is 11.8 Å². The molecule has 3 atom stereocenters. The van der Waals surface area contributed by atoms with E-state index in [4.69, 9.17) is 0 Å². The van der Waals surface area contributed by atoms with Crippen molar-refractivity contribution in [2.75, 3.05) is 6.54 Å². The van der Waals surface area contributed by atoms with Crippen molar-refractivity contribution >= 4 is 23.2 Å². The number of carboxylic acids is 1. The molecule has 4 nitrogen and oxygen atoms in total. The fourth-order valence-corrected chi connectivity index (χ4v) is 5.02. The van der Waals surface area contributed by atoms with Gasteiger partial charge in [-0.15, -0.1) is 11.3 Å². The fourth-order valence-electron chi connectivity index (χ4n) is 3.95. The summed E-state index contributed by atoms with van der Waals surface area (Å²) in [6.45, 7) is 4.70. The smallest absolute Gasteiger partial charge is 0.326 e. The highest BCUT2D eigenvalue weighted by Crippen LogP contribution is 2.43. The topological polar surface area (TPSA) is 57.6 Å². The Kier molecular flexibility index (Phi) is 3.78. The number of carbonyl (C=O) groups excluding carboxylic acids is 1. The highest BCUT2D eigenvalue weighted by atomic mass is 32.1. The predicted octanol–water partition coefficient (Wildman–Crippen LogP) is 2.94. The molecule has 1 aliphatic heterocycles. The average Bonchev–Trinajstić information content (AvgIpc) is 3.09. The summed E-state index contributed by atoms with van der Waals surface area (Å²) >= 11 is 1.49. The minimum Gasteiger partial charge on any atom is -0.480 e. The van der Waals surface area contributed by atoms with Gasteiger partial charge < -0.3 is 10.0 Å². The second kappa shape index (κ2) is 5.44. The van der Waals surface area contributed by atoms with Crippen LogP contribution < -0.4 is 0 Å². The second-order valence-electron chi connectivity index (χ2n) is 6.14. The van der Waals surface area contributed by atoms with E-state index in [1.54, 1.807) is 4.90 Å². The number of thiophene rings is 1. The molecule has 0 aromatic carbocycles. The molecule has 3 rings (SSSR count). The van der Waals surface area contributed by atoms with Gasteiger partial charge in [0.05, 0.1) is 4.88 Å². The van der Waals surface area contributed by atoms with Crippen molar-refractivity contribution in [1.82, 2.24) is 4.90 Å². The third kappa shape index (κ3) is 2.37. The van der Waals surface area contributed by atoms with Crippen molar-refractivity contribution in [2.24, 2.45) is 11.8 Å². The monoisotopic (exact) mass is 307 g/mol. The summed E-state index contributed by atoms with van der Waals surface area (Å²) in [7, 11) is 0. The van der Waals surface area contributed by atoms with Gasteiger partial charge in [-0.25, -0.2) is 4.79 Å². The Labute approximate surface area is 128 Å². The van der Waals surface area contributed by atoms with Gasteiger partial charge in [0.2, 0.25) is 0 Å². The van der Waals surface area contributed by atoms with Crippen LogP contribution in [0.15, 0.2) is 6.07 Å². The number of aliphatic carboxylic acids is 1. The minimum absolute atomic E-state index is 0.0930. The molecule has 1 aliphatic carbocycles. The van der Waals surface area contributed by atoms with E-state index >= 15 is 0 Å². The van der Waals surface area contributed by atoms with Crippen LogP contribution in [-0.2, 0) is 11.2 Å². The predicted molar refractivity (Wildman–Crippen MR) is 81.7 cm³/mol. The van der Waals surface area contributed by atoms with E-state index in [1.807, 2.05) is 13.0 Å². The fraction of sp³-hybridized carbons (Fsp3) is 0.625. The molecule has 2 heterocycles. The number of hydrogen-bond acceptors (Lipinski definition) is 3. The third-order valence-corrected chi connectivity index (χ3v) is 6.10. The number of fused-ring (bicyclic) bond motifs is 1. The molecule has 21 heavy (non-hydrogen) atoms. The number of carboxylic acid groups (broad SMARTS) is 1. The summed E-state index contributed by atoms with van der Waals surface area (Å²) in [5, 5.41) is 9.54. The van der Waals surface area contributed by atoms with Crippen molar-refractivity contribution in [3.05, 3.63) is 21.4 Å². The number of aryl methyl sites for hydroxylation is 2. The molecule has 1 N–H and O–H groups in total. The zero-order valence-corrected chi connectivity index (χ0v) is 13.3. The van der Waals surface area contributed by atoms with Crippen LogP contribution in [0.1, 0.15) is 46.3 Å². The molecule has 2 aliphatic rings. The molecular weight excluding hydrogens is 286 g/mol. The summed E-state index contributed by atoms with van der Waals surface area (Å²) < 4.78 is 0. The normalized spacial score (nSPS) is 27.9. The van der Waals surface area contributed by atoms with E-state index in [1.165, 1.54) is 16.9 Å². The molecule has 5 heteroatoms. The molecule has 0 spiro atoms. The molecule has 2 fully saturated rings. The highest BCUT2D eigenvalue weighted by molar-refractivity contribution is 7.14. The van der Waals surface area contributed by atoms with Crippen LogP contribution in [-0.4, -0.2) is 34.5 Å². The number of carbonyl (C=O) groups is 2. The van der Waals surface area contributed by atoms with Crippen LogP contribution in [0.4, 0.5) is 0 Å². The largest absolute Gasteiger partial charge is 0.480 e. The Morgan fingerprint density at radius 1 is 1.43 bits per heavy atom. The summed E-state index contributed by atoms with van der Waals surface area (Å²) in [5.41, 5.74) is 1.19. The number of likely N-dealkylation sites (tertiary alicyclic amines) is 1. The number of nitrogens with zero attached hydrogens (tertiary/aromatic N) is 1. The summed E-state index contributed by atoms with van der Waals surface area (Å²) in [6.07, 6.45) is 4.00. The first-order valence-corrected chi connectivity index (χ1v) is 8.47. The SMILES string of the molecule is CCc1cc(C(=O)N2CC3CCCC3C2C(=O)O)sc1C. The van der Waals surface area contributed by atoms with Crippen LogP contribution in [0, 0.1) is 18.8 Å². The Morgan fingerprint density at radius 3 is 2.81 bits per heavy atom. The molecule has 1 saturated heterocycles. The van der Waals surface area contributed by atoms with Crippen molar-refractivity contribution in [3.63, 3.8) is 0 Å². The van der Waals surface area contributed by atoms with Gasteiger partial charge in [-0.05, 0) is 49.7 Å². The zero-order valence-electron chi connectivity index (χ0n) is 12.5. The summed E-state index contributed by atoms with van der Waals surface area (Å²) in [4.78, 5) is 27.8. The van der Waals surface area contributed by atoms with Gasteiger partial charge in [-0.3, -0.25) is 4.79 Å². The Hall–Kier alpha value is -1.36. The number of amides is 1. The van der Waals surface area contributed by atoms with Crippen LogP contribution in [0.25, 0.3) is 0 Å². The maximum atomic E-state index is 12.7. The lowest BCUT2D eigenvalue weighted by Gasteiger charge is -2.23. The minimum atomic E-state index is -0.846. The molecule has 1 saturated carbocycles. The molecule has 1 aromatic rings. The Bertz CT molecular complexity index is 580. The second-order valence-corrected chi connectivity index (χ2v) is 7.40. The van der Waals surface area contributed by atoms with E-state index < -0.39 is 12.0 Å². The highest BCUT2D eigenvalue weighted by Gasteiger charge is 2.49. The number of rotatable bonds is 3. The lowest BCUT2D eigenvalue weighted by atomic mass is 9.94. The van der Waals surface area contributed by atoms with E-state index in [0.717, 1.165) is 30.6 Å². The maximum absolute atomic E-state index is 12.7. The van der Waals surface area contributed by atoms with Gasteiger partial charge in [0.15, 0.2) is 0 Å². The molecular formula is C16H21NO3S. The van der Waals surface area contributed by atoms with Crippen molar-refractivity contribution in [2.45, 2.75) is 45.6 Å². The van der Waals surface area contributed by atoms with Crippen LogP contribution in [0.3, 0.4) is 0 Å². The van der Waals surface area contributed by atoms with Gasteiger partial charge in [0, 0.05) is 11.4 Å². The Morgan fingerprint density at radius 2 is 2.19 bits per heavy atom. The van der Waals surface area contributed by atoms with Gasteiger partial charge in [-0.1, -0.05) is 13.3 Å². The van der Waals surface area contributed by atoms with Crippen LogP contribution >= 0.6 is 11.3 Å². The van der Waals surface area contributed by atoms with Crippen LogP contribution in [0.5, 0.6) is 0 Å². The first-order chi connectivity index (χ1) is 10.0. The van der Waals surface area contributed by atoms with E-state index in [9.17, 15) is 14.7 Å². The molecule has 0 radical (unpaired) electrons. The lowest BCUT2D eigenvalue weighted by molar-refractivity contribution is -0.142. The number of hydrogen-bond donors (Lipinski definition) is 1. The quantitative estimate of drug-likeness (QED) is 0.934. The van der Waals surface area contributed by atoms with Crippen LogP contribution in [0.2, 0.25) is 0 Å². The summed E-state index contributed by atoms with van der Waals surface area (Å²) in [5.74, 6) is -0.411. The Balaban J connectivity index is 1.87. The van der Waals surface area contributed by atoms with E-state index in [0.29, 0.717) is 17.3 Å². The first-order valence-electron chi connectivity index (χ1n) is 7.66.